The summed E-state index contributed by atoms with van der Waals surface area (Å²) in [7, 11) is 8.42. The molecule has 0 aromatic heterocycles. The van der Waals surface area contributed by atoms with Crippen molar-refractivity contribution in [3.63, 3.8) is 0 Å². The second-order valence-corrected chi connectivity index (χ2v) is 24.8. The van der Waals surface area contributed by atoms with Crippen molar-refractivity contribution >= 4 is 65.0 Å². The average molecular weight is 1210 g/mol. The van der Waals surface area contributed by atoms with E-state index in [-0.39, 0.29) is 25.3 Å². The molecule has 0 aliphatic carbocycles. The van der Waals surface area contributed by atoms with Crippen LogP contribution in [0.25, 0.3) is 0 Å². The molecule has 2 saturated heterocycles. The normalized spacial score (nSPS) is 26.1. The Morgan fingerprint density at radius 3 is 1.71 bits per heavy atom. The fourth-order valence-electron chi connectivity index (χ4n) is 11.4. The molecule has 2 aliphatic rings. The molecule has 12 atom stereocenters. The number of hydrogen-bond acceptors (Lipinski definition) is 14. The van der Waals surface area contributed by atoms with Gasteiger partial charge in [-0.25, -0.2) is 4.79 Å². The predicted molar refractivity (Wildman–Crippen MR) is 323 cm³/mol. The lowest BCUT2D eigenvalue weighted by atomic mass is 9.92. The summed E-state index contributed by atoms with van der Waals surface area (Å²) in [6.07, 6.45) is -0.230. The van der Waals surface area contributed by atoms with E-state index in [1.165, 1.54) is 68.9 Å². The topological polar surface area (TPSA) is 294 Å². The molecule has 0 spiro atoms. The summed E-state index contributed by atoms with van der Waals surface area (Å²) in [5.41, 5.74) is 0.582. The highest BCUT2D eigenvalue weighted by Crippen LogP contribution is 2.27. The Morgan fingerprint density at radius 1 is 0.651 bits per heavy atom. The van der Waals surface area contributed by atoms with Crippen LogP contribution in [-0.4, -0.2) is 222 Å². The smallest absolute Gasteiger partial charge is 0.329 e. The molecule has 0 unspecified atom stereocenters. The largest absolute Gasteiger partial charge is 0.497 e. The fraction of sp³-hybridized carbons (Fsp3) is 0.726. The van der Waals surface area contributed by atoms with Crippen molar-refractivity contribution in [1.82, 2.24) is 50.7 Å². The number of amides is 10. The fourth-order valence-corrected chi connectivity index (χ4v) is 11.4. The van der Waals surface area contributed by atoms with Crippen LogP contribution < -0.4 is 26.0 Å². The molecule has 0 bridgehead atoms. The first-order valence-electron chi connectivity index (χ1n) is 30.5. The Bertz CT molecular complexity index is 2530. The van der Waals surface area contributed by atoms with E-state index in [2.05, 4.69) is 21.3 Å². The number of nitrogens with one attached hydrogen (secondary N) is 4. The van der Waals surface area contributed by atoms with Crippen molar-refractivity contribution in [3.05, 3.63) is 29.8 Å². The number of benzene rings is 1. The van der Waals surface area contributed by atoms with E-state index in [4.69, 9.17) is 9.47 Å². The van der Waals surface area contributed by atoms with Crippen LogP contribution in [0.5, 0.6) is 5.75 Å². The van der Waals surface area contributed by atoms with Gasteiger partial charge in [0.25, 0.3) is 5.91 Å². The van der Waals surface area contributed by atoms with Crippen molar-refractivity contribution < 1.29 is 67.3 Å². The third kappa shape index (κ3) is 18.6. The lowest BCUT2D eigenvalue weighted by molar-refractivity contribution is -0.165. The molecule has 1 aromatic rings. The second kappa shape index (κ2) is 33.3. The van der Waals surface area contributed by atoms with Crippen LogP contribution >= 0.6 is 0 Å². The zero-order valence-electron chi connectivity index (χ0n) is 54.6. The van der Waals surface area contributed by atoms with E-state index in [1.807, 2.05) is 13.8 Å². The molecule has 3 rings (SSSR count). The number of fused-ring (bicyclic) bond motifs is 1. The first-order chi connectivity index (χ1) is 40.2. The number of likely N-dealkylation sites (N-methyl/N-ethyl adjacent to an activating group) is 5. The Morgan fingerprint density at radius 2 is 1.19 bits per heavy atom. The second-order valence-electron chi connectivity index (χ2n) is 24.8. The third-order valence-corrected chi connectivity index (χ3v) is 17.2. The number of ether oxygens (including phenoxy) is 2. The van der Waals surface area contributed by atoms with Gasteiger partial charge in [0.05, 0.1) is 32.7 Å². The molecule has 5 N–H and O–H groups in total. The van der Waals surface area contributed by atoms with Gasteiger partial charge in [-0.2, -0.15) is 0 Å². The summed E-state index contributed by atoms with van der Waals surface area (Å²) in [6.45, 7) is 21.3. The first kappa shape index (κ1) is 73.4. The van der Waals surface area contributed by atoms with Gasteiger partial charge in [0.15, 0.2) is 6.10 Å². The molecular weight excluding hydrogens is 1110 g/mol. The van der Waals surface area contributed by atoms with Crippen LogP contribution in [0.2, 0.25) is 0 Å². The molecule has 484 valence electrons. The maximum Gasteiger partial charge on any atom is 0.329 e. The van der Waals surface area contributed by atoms with E-state index in [1.54, 1.807) is 93.5 Å². The molecule has 1 aromatic carbocycles. The number of aliphatic hydroxyl groups is 1. The number of aliphatic hydroxyl groups excluding tert-OH is 1. The molecular formula is C62H102N10O14. The number of piperidine rings is 1. The summed E-state index contributed by atoms with van der Waals surface area (Å²) in [4.78, 5) is 169. The summed E-state index contributed by atoms with van der Waals surface area (Å²) >= 11 is 0. The first-order valence-corrected chi connectivity index (χ1v) is 30.5. The van der Waals surface area contributed by atoms with Crippen molar-refractivity contribution in [2.45, 2.75) is 195 Å². The lowest BCUT2D eigenvalue weighted by Gasteiger charge is -2.41. The lowest BCUT2D eigenvalue weighted by Crippen LogP contribution is -2.63. The van der Waals surface area contributed by atoms with Gasteiger partial charge in [-0.1, -0.05) is 108 Å². The third-order valence-electron chi connectivity index (χ3n) is 17.2. The van der Waals surface area contributed by atoms with Crippen LogP contribution in [0, 0.1) is 35.5 Å². The van der Waals surface area contributed by atoms with Gasteiger partial charge in [0.2, 0.25) is 53.2 Å². The van der Waals surface area contributed by atoms with Gasteiger partial charge in [0.1, 0.15) is 54.1 Å². The number of cyclic esters (lactones) is 1. The summed E-state index contributed by atoms with van der Waals surface area (Å²) in [5.74, 6) is -10.7. The van der Waals surface area contributed by atoms with Crippen molar-refractivity contribution in [1.29, 1.82) is 0 Å². The van der Waals surface area contributed by atoms with Crippen molar-refractivity contribution in [2.75, 3.05) is 62.0 Å². The van der Waals surface area contributed by atoms with Gasteiger partial charge in [-0.15, -0.1) is 0 Å². The zero-order chi connectivity index (χ0) is 65.3. The van der Waals surface area contributed by atoms with Gasteiger partial charge in [0, 0.05) is 48.2 Å². The van der Waals surface area contributed by atoms with Crippen LogP contribution in [0.3, 0.4) is 0 Å². The van der Waals surface area contributed by atoms with Crippen LogP contribution in [0.4, 0.5) is 0 Å². The number of carbonyl (C=O) groups is 11. The zero-order valence-corrected chi connectivity index (χ0v) is 54.6. The Kier molecular flexibility index (Phi) is 28.4. The van der Waals surface area contributed by atoms with Gasteiger partial charge < -0.3 is 65.2 Å². The van der Waals surface area contributed by atoms with Gasteiger partial charge >= 0.3 is 5.97 Å². The standard InChI is InChI=1S/C62H102N10O14/c1-20-38(11)52-54(76)63-32-48(75)68(15)50(36(7)8)55(77)65-43(30-41-25-27-42(85-19)28-26-41)62(84)86-40(13)57(79)72-29-23-22-24-45(72)58(80)69(16)51(37(9)10)56(78)66-49(35(5)6)60(82)67(14)46(31-47(74)64-44(33-73)34(3)4)59(81)71(18)53(39(12)21-2)61(83)70(52)17/h25-28,34-40,43-46,49-53,73H,20-24,29-33H2,1-19H3,(H,63,76)(H,64,74)(H,65,77)(H,66,78)/t38-,39-,40+,43-,44+,45-,46-,49-,50-,51-,52-,53-/m0/s1. The highest BCUT2D eigenvalue weighted by atomic mass is 16.5. The average Bonchev–Trinajstić information content (AvgIpc) is 1.39. The number of nitrogens with zero attached hydrogens (tertiary/aromatic N) is 6. The number of hydrogen-bond donors (Lipinski definition) is 5. The maximum atomic E-state index is 15.3. The molecule has 10 amide bonds. The predicted octanol–water partition coefficient (Wildman–Crippen LogP) is 2.37. The molecule has 86 heavy (non-hydrogen) atoms. The highest BCUT2D eigenvalue weighted by Gasteiger charge is 2.46. The number of methoxy groups -OCH3 is 1. The van der Waals surface area contributed by atoms with Crippen LogP contribution in [-0.2, 0) is 63.9 Å². The van der Waals surface area contributed by atoms with Gasteiger partial charge in [-0.05, 0) is 79.4 Å². The minimum atomic E-state index is -1.60. The maximum absolute atomic E-state index is 15.3. The summed E-state index contributed by atoms with van der Waals surface area (Å²) in [5, 5.41) is 21.2. The monoisotopic (exact) mass is 1210 g/mol. The van der Waals surface area contributed by atoms with E-state index in [9.17, 15) is 43.5 Å². The SMILES string of the molecule is CC[C@H](C)[C@H]1C(=O)NCC(=O)N(C)[C@@H](C(C)C)C(=O)N[C@@H](Cc2ccc(OC)cc2)C(=O)O[C@H](C)C(=O)N2CCCC[C@H]2C(=O)N(C)[C@@H](C(C)C)C(=O)N[C@@H](C(C)C)C(=O)N(C)[C@@H](CC(=O)N[C@H](CO)C(C)C)C(=O)N(C)[C@@H]([C@@H](C)CC)C(=O)N1C. The van der Waals surface area contributed by atoms with E-state index in [0.717, 1.165) is 9.80 Å². The van der Waals surface area contributed by atoms with Gasteiger partial charge in [-0.3, -0.25) is 47.9 Å². The minimum absolute atomic E-state index is 0.106. The highest BCUT2D eigenvalue weighted by molar-refractivity contribution is 6.00. The van der Waals surface area contributed by atoms with E-state index >= 15 is 14.4 Å². The summed E-state index contributed by atoms with van der Waals surface area (Å²) in [6, 6.07) is -4.38. The molecule has 2 heterocycles. The van der Waals surface area contributed by atoms with E-state index in [0.29, 0.717) is 37.0 Å². The van der Waals surface area contributed by atoms with Crippen molar-refractivity contribution in [2.24, 2.45) is 35.5 Å². The number of rotatable bonds is 15. The van der Waals surface area contributed by atoms with E-state index < -0.39 is 175 Å². The molecule has 2 aliphatic heterocycles. The van der Waals surface area contributed by atoms with Crippen molar-refractivity contribution in [3.8, 4) is 5.75 Å². The minimum Gasteiger partial charge on any atom is -0.497 e. The molecule has 2 fully saturated rings. The molecule has 24 heteroatoms. The quantitative estimate of drug-likeness (QED) is 0.158. The molecule has 24 nitrogen and oxygen atoms in total. The molecule has 0 radical (unpaired) electrons. The van der Waals surface area contributed by atoms with Crippen LogP contribution in [0.15, 0.2) is 24.3 Å². The number of carbonyl (C=O) groups excluding carboxylic acids is 11. The Balaban J connectivity index is 2.32. The number of esters is 1. The summed E-state index contributed by atoms with van der Waals surface area (Å²) < 4.78 is 11.2. The Hall–Kier alpha value is -6.85. The molecule has 0 saturated carbocycles. The Labute approximate surface area is 509 Å². The van der Waals surface area contributed by atoms with Crippen LogP contribution in [0.1, 0.15) is 134 Å².